The maximum Gasteiger partial charge on any atom is 0.329 e. The molecule has 1 aromatic rings. The number of nitrogens with zero attached hydrogens (tertiary/aromatic N) is 2. The van der Waals surface area contributed by atoms with Crippen molar-refractivity contribution < 1.29 is 24.2 Å². The molecule has 12 heteroatoms. The Kier molecular flexibility index (Phi) is 8.04. The molecule has 2 fully saturated rings. The predicted octanol–water partition coefficient (Wildman–Crippen LogP) is 3.41. The van der Waals surface area contributed by atoms with E-state index < -0.39 is 5.97 Å². The summed E-state index contributed by atoms with van der Waals surface area (Å²) in [5.74, 6) is 0.354. The van der Waals surface area contributed by atoms with Crippen molar-refractivity contribution in [2.45, 2.75) is 60.1 Å². The van der Waals surface area contributed by atoms with E-state index in [9.17, 15) is 9.59 Å². The number of carbonyl (C=O) groups excluding carboxylic acids is 1. The van der Waals surface area contributed by atoms with E-state index in [2.05, 4.69) is 50.1 Å². The summed E-state index contributed by atoms with van der Waals surface area (Å²) in [5, 5.41) is 15.6. The first-order chi connectivity index (χ1) is 14.2. The third kappa shape index (κ3) is 5.67. The van der Waals surface area contributed by atoms with E-state index in [1.54, 1.807) is 0 Å². The minimum atomic E-state index is -1.02. The molecule has 2 heterocycles. The SMILES string of the molecule is CCCSc1nc(Cl)c(NC=O)c(N[C@@H]2C[C@H](OCC(=O)O)[C@H]3OC(C)(I)C[C@H]32)n1. The minimum Gasteiger partial charge on any atom is -0.480 e. The number of aliphatic carboxylic acids is 1. The predicted molar refractivity (Wildman–Crippen MR) is 123 cm³/mol. The highest BCUT2D eigenvalue weighted by molar-refractivity contribution is 14.1. The topological polar surface area (TPSA) is 123 Å². The number of fused-ring (bicyclic) bond motifs is 1. The molecule has 1 saturated carbocycles. The number of ether oxygens (including phenoxy) is 2. The molecule has 1 saturated heterocycles. The third-order valence-corrected chi connectivity index (χ3v) is 7.02. The average molecular weight is 571 g/mol. The number of carbonyl (C=O) groups is 2. The van der Waals surface area contributed by atoms with E-state index >= 15 is 0 Å². The van der Waals surface area contributed by atoms with E-state index in [1.807, 2.05) is 6.92 Å². The zero-order chi connectivity index (χ0) is 21.9. The first-order valence-corrected chi connectivity index (χ1v) is 12.1. The van der Waals surface area contributed by atoms with Crippen LogP contribution in [-0.2, 0) is 19.1 Å². The summed E-state index contributed by atoms with van der Waals surface area (Å²) in [5.41, 5.74) is 0.315. The molecule has 5 atom stereocenters. The maximum absolute atomic E-state index is 11.1. The second-order valence-corrected chi connectivity index (χ2v) is 11.1. The molecular formula is C18H24ClIN4O5S. The standard InChI is InChI=1S/C18H24ClIN4O5S/c1-3-4-30-17-23-15(19)13(21-8-25)16(24-17)22-10-5-11(28-7-12(26)27)14-9(10)6-18(2,20)29-14/h8-11,14H,3-7H2,1-2H3,(H,21,25)(H,26,27)(H,22,23,24)/t9-,10+,11-,14-,18?/m0/s1. The molecule has 30 heavy (non-hydrogen) atoms. The van der Waals surface area contributed by atoms with Gasteiger partial charge in [-0.15, -0.1) is 0 Å². The number of alkyl halides is 1. The molecular weight excluding hydrogens is 547 g/mol. The lowest BCUT2D eigenvalue weighted by molar-refractivity contribution is -0.147. The van der Waals surface area contributed by atoms with E-state index in [1.165, 1.54) is 11.8 Å². The van der Waals surface area contributed by atoms with Crippen LogP contribution >= 0.6 is 46.0 Å². The minimum absolute atomic E-state index is 0.0902. The fraction of sp³-hybridized carbons (Fsp3) is 0.667. The van der Waals surface area contributed by atoms with E-state index in [-0.39, 0.29) is 39.5 Å². The molecule has 3 N–H and O–H groups in total. The van der Waals surface area contributed by atoms with Gasteiger partial charge < -0.3 is 25.2 Å². The van der Waals surface area contributed by atoms with Gasteiger partial charge in [-0.3, -0.25) is 4.79 Å². The molecule has 0 radical (unpaired) electrons. The Morgan fingerprint density at radius 3 is 2.97 bits per heavy atom. The highest BCUT2D eigenvalue weighted by atomic mass is 127. The Morgan fingerprint density at radius 1 is 1.53 bits per heavy atom. The number of aromatic nitrogens is 2. The van der Waals surface area contributed by atoms with Gasteiger partial charge >= 0.3 is 5.97 Å². The Morgan fingerprint density at radius 2 is 2.30 bits per heavy atom. The van der Waals surface area contributed by atoms with Gasteiger partial charge in [-0.05, 0) is 48.8 Å². The van der Waals surface area contributed by atoms with Crippen LogP contribution in [0.25, 0.3) is 0 Å². The first kappa shape index (κ1) is 23.8. The molecule has 3 rings (SSSR count). The summed E-state index contributed by atoms with van der Waals surface area (Å²) in [6.07, 6.45) is 2.24. The summed E-state index contributed by atoms with van der Waals surface area (Å²) >= 11 is 10.1. The number of thioether (sulfide) groups is 1. The van der Waals surface area contributed by atoms with E-state index in [4.69, 9.17) is 26.2 Å². The smallest absolute Gasteiger partial charge is 0.329 e. The number of carboxylic acids is 1. The molecule has 9 nitrogen and oxygen atoms in total. The molecule has 1 amide bonds. The Balaban J connectivity index is 1.85. The summed E-state index contributed by atoms with van der Waals surface area (Å²) < 4.78 is 11.4. The summed E-state index contributed by atoms with van der Waals surface area (Å²) in [6.45, 7) is 3.68. The van der Waals surface area contributed by atoms with Crippen molar-refractivity contribution >= 4 is 69.8 Å². The van der Waals surface area contributed by atoms with E-state index in [0.717, 1.165) is 18.6 Å². The molecule has 2 aliphatic rings. The zero-order valence-electron chi connectivity index (χ0n) is 16.6. The lowest BCUT2D eigenvalue weighted by atomic mass is 9.98. The fourth-order valence-corrected chi connectivity index (χ4v) is 5.66. The Bertz CT molecular complexity index is 802. The van der Waals surface area contributed by atoms with Crippen LogP contribution in [0, 0.1) is 5.92 Å². The maximum atomic E-state index is 11.1. The molecule has 1 aromatic heterocycles. The van der Waals surface area contributed by atoms with Gasteiger partial charge in [0.1, 0.15) is 15.9 Å². The van der Waals surface area contributed by atoms with Crippen molar-refractivity contribution in [1.82, 2.24) is 9.97 Å². The molecule has 1 aliphatic heterocycles. The van der Waals surface area contributed by atoms with Crippen LogP contribution in [0.5, 0.6) is 0 Å². The molecule has 1 unspecified atom stereocenters. The van der Waals surface area contributed by atoms with Crippen molar-refractivity contribution in [2.24, 2.45) is 5.92 Å². The number of nitrogens with one attached hydrogen (secondary N) is 2. The average Bonchev–Trinajstić information content (AvgIpc) is 3.14. The summed E-state index contributed by atoms with van der Waals surface area (Å²) in [4.78, 5) is 30.9. The number of anilines is 2. The zero-order valence-corrected chi connectivity index (χ0v) is 20.3. The first-order valence-electron chi connectivity index (χ1n) is 9.61. The van der Waals surface area contributed by atoms with Crippen LogP contribution in [0.3, 0.4) is 0 Å². The van der Waals surface area contributed by atoms with Gasteiger partial charge in [0.2, 0.25) is 6.41 Å². The lowest BCUT2D eigenvalue weighted by Gasteiger charge is -2.23. The highest BCUT2D eigenvalue weighted by Gasteiger charge is 2.54. The lowest BCUT2D eigenvalue weighted by Crippen LogP contribution is -2.30. The van der Waals surface area contributed by atoms with Gasteiger partial charge in [-0.1, -0.05) is 30.3 Å². The van der Waals surface area contributed by atoms with Crippen molar-refractivity contribution in [3.05, 3.63) is 5.15 Å². The van der Waals surface area contributed by atoms with Crippen LogP contribution < -0.4 is 10.6 Å². The molecule has 166 valence electrons. The second kappa shape index (κ2) is 10.2. The molecule has 0 spiro atoms. The third-order valence-electron chi connectivity index (χ3n) is 5.00. The van der Waals surface area contributed by atoms with Gasteiger partial charge in [0.25, 0.3) is 0 Å². The quantitative estimate of drug-likeness (QED) is 0.0970. The van der Waals surface area contributed by atoms with Crippen molar-refractivity contribution in [3.8, 4) is 0 Å². The largest absolute Gasteiger partial charge is 0.480 e. The summed E-state index contributed by atoms with van der Waals surface area (Å²) in [7, 11) is 0. The number of hydrogen-bond acceptors (Lipinski definition) is 8. The van der Waals surface area contributed by atoms with Gasteiger partial charge in [-0.2, -0.15) is 0 Å². The normalized spacial score (nSPS) is 30.1. The van der Waals surface area contributed by atoms with Crippen LogP contribution in [0.2, 0.25) is 5.15 Å². The van der Waals surface area contributed by atoms with Crippen molar-refractivity contribution in [1.29, 1.82) is 0 Å². The fourth-order valence-electron chi connectivity index (χ4n) is 3.88. The van der Waals surface area contributed by atoms with Crippen LogP contribution in [-0.4, -0.2) is 61.7 Å². The highest BCUT2D eigenvalue weighted by Crippen LogP contribution is 2.49. The van der Waals surface area contributed by atoms with Crippen LogP contribution in [0.15, 0.2) is 5.16 Å². The second-order valence-electron chi connectivity index (χ2n) is 7.41. The number of halogens is 2. The van der Waals surface area contributed by atoms with Crippen LogP contribution in [0.4, 0.5) is 11.5 Å². The van der Waals surface area contributed by atoms with Crippen LogP contribution in [0.1, 0.15) is 33.1 Å². The Hall–Kier alpha value is -0.890. The van der Waals surface area contributed by atoms with Gasteiger partial charge in [-0.25, -0.2) is 14.8 Å². The Labute approximate surface area is 197 Å². The summed E-state index contributed by atoms with van der Waals surface area (Å²) in [6, 6.07) is -0.0902. The number of rotatable bonds is 10. The van der Waals surface area contributed by atoms with Gasteiger partial charge in [0.15, 0.2) is 16.1 Å². The molecule has 1 aliphatic carbocycles. The monoisotopic (exact) mass is 570 g/mol. The van der Waals surface area contributed by atoms with Crippen molar-refractivity contribution in [3.63, 3.8) is 0 Å². The number of carboxylic acid groups (broad SMARTS) is 1. The van der Waals surface area contributed by atoms with E-state index in [0.29, 0.717) is 29.5 Å². The number of amides is 1. The molecule has 0 aromatic carbocycles. The van der Waals surface area contributed by atoms with Gasteiger partial charge in [0.05, 0.1) is 12.2 Å². The number of hydrogen-bond donors (Lipinski definition) is 3. The van der Waals surface area contributed by atoms with Gasteiger partial charge in [0, 0.05) is 17.7 Å². The van der Waals surface area contributed by atoms with Crippen molar-refractivity contribution in [2.75, 3.05) is 23.0 Å². The molecule has 0 bridgehead atoms.